The van der Waals surface area contributed by atoms with Crippen molar-refractivity contribution in [1.82, 2.24) is 9.78 Å². The van der Waals surface area contributed by atoms with Crippen molar-refractivity contribution < 1.29 is 9.53 Å². The number of aromatic nitrogens is 2. The molecule has 0 bridgehead atoms. The van der Waals surface area contributed by atoms with Crippen LogP contribution in [0.4, 0.5) is 5.82 Å². The van der Waals surface area contributed by atoms with Gasteiger partial charge in [-0.2, -0.15) is 5.10 Å². The highest BCUT2D eigenvalue weighted by Gasteiger charge is 2.24. The maximum absolute atomic E-state index is 11.9. The molecular formula is C17H21N3O2. The number of ether oxygens (including phenoxy) is 1. The van der Waals surface area contributed by atoms with Crippen LogP contribution in [-0.4, -0.2) is 28.9 Å². The van der Waals surface area contributed by atoms with Crippen LogP contribution in [0.3, 0.4) is 0 Å². The average Bonchev–Trinajstić information content (AvgIpc) is 3.00. The van der Waals surface area contributed by atoms with E-state index in [2.05, 4.69) is 34.7 Å². The third kappa shape index (κ3) is 3.04. The molecule has 0 saturated heterocycles. The smallest absolute Gasteiger partial charge is 0.251 e. The number of carbonyl (C=O) groups is 1. The first-order valence-electron chi connectivity index (χ1n) is 7.78. The number of hydrogen-bond acceptors (Lipinski definition) is 3. The number of amides is 1. The van der Waals surface area contributed by atoms with Gasteiger partial charge in [0.25, 0.3) is 5.91 Å². The van der Waals surface area contributed by atoms with Crippen LogP contribution in [0.25, 0.3) is 0 Å². The molecule has 5 nitrogen and oxygen atoms in total. The molecule has 0 aliphatic heterocycles. The molecule has 5 heteroatoms. The van der Waals surface area contributed by atoms with Crippen molar-refractivity contribution in [3.8, 4) is 0 Å². The van der Waals surface area contributed by atoms with Gasteiger partial charge in [-0.3, -0.25) is 4.79 Å². The molecule has 0 fully saturated rings. The van der Waals surface area contributed by atoms with Crippen LogP contribution < -0.4 is 5.32 Å². The van der Waals surface area contributed by atoms with Crippen molar-refractivity contribution in [3.63, 3.8) is 0 Å². The SMILES string of the molecule is CCOCC(=O)Nc1ccnn1[C@@H]1CCCc2ccccc21. The lowest BCUT2D eigenvalue weighted by molar-refractivity contribution is -0.120. The number of nitrogens with zero attached hydrogens (tertiary/aromatic N) is 2. The average molecular weight is 299 g/mol. The second-order valence-electron chi connectivity index (χ2n) is 5.45. The Kier molecular flexibility index (Phi) is 4.53. The predicted molar refractivity (Wildman–Crippen MR) is 84.9 cm³/mol. The van der Waals surface area contributed by atoms with E-state index in [9.17, 15) is 4.79 Å². The quantitative estimate of drug-likeness (QED) is 0.923. The minimum Gasteiger partial charge on any atom is -0.372 e. The van der Waals surface area contributed by atoms with E-state index in [1.165, 1.54) is 11.1 Å². The van der Waals surface area contributed by atoms with Crippen LogP contribution in [0.1, 0.15) is 36.9 Å². The van der Waals surface area contributed by atoms with Crippen LogP contribution >= 0.6 is 0 Å². The fourth-order valence-corrected chi connectivity index (χ4v) is 3.02. The summed E-state index contributed by atoms with van der Waals surface area (Å²) in [7, 11) is 0. The second-order valence-corrected chi connectivity index (χ2v) is 5.45. The van der Waals surface area contributed by atoms with Gasteiger partial charge in [-0.25, -0.2) is 4.68 Å². The molecule has 116 valence electrons. The standard InChI is InChI=1S/C17H21N3O2/c1-2-22-12-17(21)19-16-10-11-18-20(16)15-9-5-7-13-6-3-4-8-14(13)15/h3-4,6,8,10-11,15H,2,5,7,9,12H2,1H3,(H,19,21)/t15-/m1/s1. The summed E-state index contributed by atoms with van der Waals surface area (Å²) < 4.78 is 7.06. The van der Waals surface area contributed by atoms with Gasteiger partial charge < -0.3 is 10.1 Å². The van der Waals surface area contributed by atoms with Gasteiger partial charge in [0.15, 0.2) is 0 Å². The van der Waals surface area contributed by atoms with E-state index in [1.54, 1.807) is 6.20 Å². The molecule has 1 aliphatic rings. The van der Waals surface area contributed by atoms with E-state index in [4.69, 9.17) is 4.74 Å². The number of hydrogen-bond donors (Lipinski definition) is 1. The Hall–Kier alpha value is -2.14. The molecule has 0 radical (unpaired) electrons. The first-order valence-corrected chi connectivity index (χ1v) is 7.78. The molecular weight excluding hydrogens is 278 g/mol. The third-order valence-electron chi connectivity index (χ3n) is 4.01. The minimum atomic E-state index is -0.146. The summed E-state index contributed by atoms with van der Waals surface area (Å²) >= 11 is 0. The lowest BCUT2D eigenvalue weighted by Crippen LogP contribution is -2.24. The predicted octanol–water partition coefficient (Wildman–Crippen LogP) is 2.78. The van der Waals surface area contributed by atoms with Crippen molar-refractivity contribution in [1.29, 1.82) is 0 Å². The largest absolute Gasteiger partial charge is 0.372 e. The van der Waals surface area contributed by atoms with Crippen molar-refractivity contribution in [2.24, 2.45) is 0 Å². The highest BCUT2D eigenvalue weighted by atomic mass is 16.5. The Morgan fingerprint density at radius 1 is 1.41 bits per heavy atom. The molecule has 0 spiro atoms. The summed E-state index contributed by atoms with van der Waals surface area (Å²) in [6.07, 6.45) is 5.01. The number of carbonyl (C=O) groups excluding carboxylic acids is 1. The van der Waals surface area contributed by atoms with E-state index in [0.717, 1.165) is 25.1 Å². The third-order valence-corrected chi connectivity index (χ3v) is 4.01. The summed E-state index contributed by atoms with van der Waals surface area (Å²) in [5.41, 5.74) is 2.68. The highest BCUT2D eigenvalue weighted by Crippen LogP contribution is 2.34. The van der Waals surface area contributed by atoms with Gasteiger partial charge in [-0.1, -0.05) is 24.3 Å². The van der Waals surface area contributed by atoms with E-state index in [1.807, 2.05) is 17.7 Å². The molecule has 2 aromatic rings. The zero-order valence-electron chi connectivity index (χ0n) is 12.8. The molecule has 22 heavy (non-hydrogen) atoms. The van der Waals surface area contributed by atoms with E-state index in [0.29, 0.717) is 6.61 Å². The maximum Gasteiger partial charge on any atom is 0.251 e. The van der Waals surface area contributed by atoms with Gasteiger partial charge in [0, 0.05) is 12.7 Å². The Bertz CT molecular complexity index is 651. The Morgan fingerprint density at radius 3 is 3.14 bits per heavy atom. The first-order chi connectivity index (χ1) is 10.8. The fraction of sp³-hybridized carbons (Fsp3) is 0.412. The minimum absolute atomic E-state index is 0.0724. The summed E-state index contributed by atoms with van der Waals surface area (Å²) in [4.78, 5) is 11.9. The van der Waals surface area contributed by atoms with Gasteiger partial charge in [0.05, 0.1) is 12.2 Å². The van der Waals surface area contributed by atoms with Gasteiger partial charge in [-0.05, 0) is 37.3 Å². The van der Waals surface area contributed by atoms with E-state index >= 15 is 0 Å². The zero-order chi connectivity index (χ0) is 15.4. The summed E-state index contributed by atoms with van der Waals surface area (Å²) in [6, 6.07) is 10.5. The topological polar surface area (TPSA) is 56.1 Å². The zero-order valence-corrected chi connectivity index (χ0v) is 12.8. The fourth-order valence-electron chi connectivity index (χ4n) is 3.02. The molecule has 1 aromatic heterocycles. The number of benzene rings is 1. The van der Waals surface area contributed by atoms with Crippen molar-refractivity contribution in [2.75, 3.05) is 18.5 Å². The van der Waals surface area contributed by atoms with Crippen molar-refractivity contribution in [3.05, 3.63) is 47.7 Å². The van der Waals surface area contributed by atoms with E-state index < -0.39 is 0 Å². The molecule has 1 aliphatic carbocycles. The number of nitrogens with one attached hydrogen (secondary N) is 1. The Morgan fingerprint density at radius 2 is 2.27 bits per heavy atom. The molecule has 1 amide bonds. The molecule has 1 heterocycles. The van der Waals surface area contributed by atoms with Crippen LogP contribution in [0.2, 0.25) is 0 Å². The van der Waals surface area contributed by atoms with Crippen molar-refractivity contribution in [2.45, 2.75) is 32.2 Å². The molecule has 0 unspecified atom stereocenters. The van der Waals surface area contributed by atoms with E-state index in [-0.39, 0.29) is 18.6 Å². The van der Waals surface area contributed by atoms with Gasteiger partial charge in [0.1, 0.15) is 12.4 Å². The monoisotopic (exact) mass is 299 g/mol. The highest BCUT2D eigenvalue weighted by molar-refractivity contribution is 5.90. The number of rotatable bonds is 5. The van der Waals surface area contributed by atoms with Crippen molar-refractivity contribution >= 4 is 11.7 Å². The molecule has 1 aromatic carbocycles. The molecule has 0 saturated carbocycles. The lowest BCUT2D eigenvalue weighted by Gasteiger charge is -2.27. The number of fused-ring (bicyclic) bond motifs is 1. The second kappa shape index (κ2) is 6.75. The Balaban J connectivity index is 1.82. The maximum atomic E-state index is 11.9. The normalized spacial score (nSPS) is 17.0. The van der Waals surface area contributed by atoms with Crippen LogP contribution in [-0.2, 0) is 16.0 Å². The van der Waals surface area contributed by atoms with Gasteiger partial charge in [-0.15, -0.1) is 0 Å². The van der Waals surface area contributed by atoms with Gasteiger partial charge >= 0.3 is 0 Å². The Labute approximate surface area is 130 Å². The van der Waals surface area contributed by atoms with Crippen LogP contribution in [0, 0.1) is 0 Å². The van der Waals surface area contributed by atoms with Gasteiger partial charge in [0.2, 0.25) is 0 Å². The summed E-state index contributed by atoms with van der Waals surface area (Å²) in [5, 5.41) is 7.32. The first kappa shape index (κ1) is 14.8. The molecule has 1 N–H and O–H groups in total. The number of aryl methyl sites for hydroxylation is 1. The van der Waals surface area contributed by atoms with Crippen LogP contribution in [0.5, 0.6) is 0 Å². The van der Waals surface area contributed by atoms with Crippen LogP contribution in [0.15, 0.2) is 36.5 Å². The number of anilines is 1. The summed E-state index contributed by atoms with van der Waals surface area (Å²) in [5.74, 6) is 0.583. The summed E-state index contributed by atoms with van der Waals surface area (Å²) in [6.45, 7) is 2.47. The molecule has 1 atom stereocenters. The molecule has 3 rings (SSSR count). The lowest BCUT2D eigenvalue weighted by atomic mass is 9.88.